The molecule has 3 aliphatic rings. The van der Waals surface area contributed by atoms with Gasteiger partial charge < -0.3 is 24.2 Å². The molecule has 202 valence electrons. The molecule has 10 heteroatoms. The lowest BCUT2D eigenvalue weighted by molar-refractivity contribution is -0.186. The molecule has 5 rings (SSSR count). The van der Waals surface area contributed by atoms with Crippen LogP contribution in [0.4, 0.5) is 0 Å². The van der Waals surface area contributed by atoms with Crippen LogP contribution < -0.4 is 0 Å². The fourth-order valence-electron chi connectivity index (χ4n) is 5.67. The van der Waals surface area contributed by atoms with E-state index in [4.69, 9.17) is 14.2 Å². The number of hydrogen-bond donors (Lipinski definition) is 1. The molecule has 39 heavy (non-hydrogen) atoms. The first kappa shape index (κ1) is 26.2. The minimum atomic E-state index is -2.72. The molecule has 0 aromatic heterocycles. The molecule has 1 fully saturated rings. The molecule has 3 aliphatic heterocycles. The molecule has 0 aliphatic carbocycles. The van der Waals surface area contributed by atoms with Crippen molar-refractivity contribution in [2.45, 2.75) is 31.5 Å². The first-order chi connectivity index (χ1) is 18.7. The summed E-state index contributed by atoms with van der Waals surface area (Å²) in [4.78, 5) is 57.0. The number of cyclic esters (lactones) is 1. The van der Waals surface area contributed by atoms with Crippen LogP contribution in [0, 0.1) is 5.92 Å². The van der Waals surface area contributed by atoms with E-state index in [1.807, 2.05) is 30.3 Å². The van der Waals surface area contributed by atoms with Crippen LogP contribution in [-0.4, -0.2) is 65.1 Å². The van der Waals surface area contributed by atoms with E-state index in [-0.39, 0.29) is 36.5 Å². The first-order valence-electron chi connectivity index (χ1n) is 12.5. The molecule has 0 bridgehead atoms. The summed E-state index contributed by atoms with van der Waals surface area (Å²) in [5.41, 5.74) is -0.842. The molecule has 3 heterocycles. The van der Waals surface area contributed by atoms with Gasteiger partial charge >= 0.3 is 17.9 Å². The van der Waals surface area contributed by atoms with Gasteiger partial charge in [0, 0.05) is 18.2 Å². The molecule has 0 spiro atoms. The average Bonchev–Trinajstić information content (AvgIpc) is 2.96. The highest BCUT2D eigenvalue weighted by Crippen LogP contribution is 2.51. The van der Waals surface area contributed by atoms with Crippen LogP contribution in [0.3, 0.4) is 0 Å². The number of carbonyl (C=O) groups excluding carboxylic acids is 4. The number of benzene rings is 2. The van der Waals surface area contributed by atoms with Gasteiger partial charge in [-0.3, -0.25) is 9.69 Å². The average molecular weight is 533 g/mol. The summed E-state index contributed by atoms with van der Waals surface area (Å²) in [5.74, 6) is -4.74. The number of aliphatic hydroxyl groups is 1. The van der Waals surface area contributed by atoms with Crippen molar-refractivity contribution < 1.29 is 38.5 Å². The molecule has 0 unspecified atom stereocenters. The summed E-state index contributed by atoms with van der Waals surface area (Å²) in [7, 11) is 2.29. The Bertz CT molecular complexity index is 1400. The van der Waals surface area contributed by atoms with Crippen LogP contribution in [0.5, 0.6) is 0 Å². The second kappa shape index (κ2) is 10.0. The molecule has 3 atom stereocenters. The van der Waals surface area contributed by atoms with Crippen molar-refractivity contribution in [1.29, 1.82) is 0 Å². The Morgan fingerprint density at radius 1 is 1.03 bits per heavy atom. The highest BCUT2D eigenvalue weighted by Gasteiger charge is 2.65. The highest BCUT2D eigenvalue weighted by molar-refractivity contribution is 6.12. The van der Waals surface area contributed by atoms with Crippen LogP contribution in [-0.2, 0) is 39.9 Å². The number of allylic oxidation sites excluding steroid dienone is 1. The number of ether oxygens (including phenoxy) is 3. The second-order valence-corrected chi connectivity index (χ2v) is 9.52. The van der Waals surface area contributed by atoms with Crippen molar-refractivity contribution in [3.8, 4) is 0 Å². The number of amides is 1. The third-order valence-electron chi connectivity index (χ3n) is 7.51. The van der Waals surface area contributed by atoms with Gasteiger partial charge in [0.15, 0.2) is 0 Å². The zero-order chi connectivity index (χ0) is 27.9. The van der Waals surface area contributed by atoms with E-state index in [1.165, 1.54) is 7.11 Å². The standard InChI is InChI=1S/C29H28N2O8/c1-17-21(25(32)37-2)23(19-12-8-5-9-13-19)31-24(30(17)16-18-10-6-4-7-11-18)22-20(14-15-39-26(22)33)29(36,27(31)34)28(35)38-3/h4-13,20,23,36H,14-16H2,1-3H3/t20-,23+,29-/m1/s1. The Hall–Kier alpha value is -4.44. The van der Waals surface area contributed by atoms with Gasteiger partial charge in [-0.05, 0) is 24.5 Å². The van der Waals surface area contributed by atoms with Crippen molar-refractivity contribution in [2.24, 2.45) is 5.92 Å². The summed E-state index contributed by atoms with van der Waals surface area (Å²) >= 11 is 0. The van der Waals surface area contributed by atoms with Gasteiger partial charge in [0.1, 0.15) is 5.82 Å². The Balaban J connectivity index is 1.87. The molecule has 1 saturated heterocycles. The van der Waals surface area contributed by atoms with Crippen molar-refractivity contribution in [2.75, 3.05) is 20.8 Å². The van der Waals surface area contributed by atoms with Crippen molar-refractivity contribution >= 4 is 23.8 Å². The summed E-state index contributed by atoms with van der Waals surface area (Å²) < 4.78 is 15.4. The van der Waals surface area contributed by atoms with E-state index in [0.717, 1.165) is 17.6 Å². The molecular formula is C29H28N2O8. The number of hydrogen-bond acceptors (Lipinski definition) is 9. The molecule has 10 nitrogen and oxygen atoms in total. The SMILES string of the molecule is COC(=O)C1=C(C)N(Cc2ccccc2)C2=C3C(=O)OCC[C@H]3[C@](O)(C(=O)OC)C(=O)N2[C@H]1c1ccccc1. The van der Waals surface area contributed by atoms with Crippen molar-refractivity contribution in [3.63, 3.8) is 0 Å². The van der Waals surface area contributed by atoms with E-state index in [9.17, 15) is 24.3 Å². The minimum absolute atomic E-state index is 0.0254. The maximum Gasteiger partial charge on any atom is 0.348 e. The van der Waals surface area contributed by atoms with Crippen LogP contribution in [0.1, 0.15) is 30.5 Å². The first-order valence-corrected chi connectivity index (χ1v) is 12.5. The summed E-state index contributed by atoms with van der Waals surface area (Å²) in [6.45, 7) is 1.80. The number of esters is 3. The smallest absolute Gasteiger partial charge is 0.348 e. The second-order valence-electron chi connectivity index (χ2n) is 9.52. The van der Waals surface area contributed by atoms with Gasteiger partial charge in [-0.15, -0.1) is 0 Å². The lowest BCUT2D eigenvalue weighted by atomic mass is 9.73. The molecular weight excluding hydrogens is 504 g/mol. The predicted octanol–water partition coefficient (Wildman–Crippen LogP) is 2.21. The van der Waals surface area contributed by atoms with Gasteiger partial charge in [0.2, 0.25) is 5.60 Å². The Kier molecular flexibility index (Phi) is 6.73. The van der Waals surface area contributed by atoms with Crippen LogP contribution >= 0.6 is 0 Å². The summed E-state index contributed by atoms with van der Waals surface area (Å²) in [6.07, 6.45) is 0.0254. The zero-order valence-corrected chi connectivity index (χ0v) is 21.7. The molecule has 0 radical (unpaired) electrons. The Morgan fingerprint density at radius 3 is 2.28 bits per heavy atom. The van der Waals surface area contributed by atoms with Gasteiger partial charge in [0.25, 0.3) is 5.91 Å². The van der Waals surface area contributed by atoms with Crippen LogP contribution in [0.2, 0.25) is 0 Å². The molecule has 2 aromatic carbocycles. The molecule has 2 aromatic rings. The van der Waals surface area contributed by atoms with Crippen LogP contribution in [0.25, 0.3) is 0 Å². The van der Waals surface area contributed by atoms with Gasteiger partial charge in [-0.1, -0.05) is 60.7 Å². The lowest BCUT2D eigenvalue weighted by Crippen LogP contribution is -2.67. The molecule has 0 saturated carbocycles. The number of fused-ring (bicyclic) bond motifs is 2. The van der Waals surface area contributed by atoms with E-state index in [2.05, 4.69) is 0 Å². The maximum atomic E-state index is 14.4. The fourth-order valence-corrected chi connectivity index (χ4v) is 5.67. The number of rotatable bonds is 5. The normalized spacial score (nSPS) is 24.6. The van der Waals surface area contributed by atoms with E-state index >= 15 is 0 Å². The van der Waals surface area contributed by atoms with E-state index in [1.54, 1.807) is 42.2 Å². The lowest BCUT2D eigenvalue weighted by Gasteiger charge is -2.53. The number of methoxy groups -OCH3 is 2. The van der Waals surface area contributed by atoms with Gasteiger partial charge in [-0.2, -0.15) is 0 Å². The molecule has 1 amide bonds. The fraction of sp³-hybridized carbons (Fsp3) is 0.310. The van der Waals surface area contributed by atoms with Gasteiger partial charge in [-0.25, -0.2) is 14.4 Å². The largest absolute Gasteiger partial charge is 0.466 e. The minimum Gasteiger partial charge on any atom is -0.466 e. The number of nitrogens with zero attached hydrogens (tertiary/aromatic N) is 2. The number of carbonyl (C=O) groups is 4. The summed E-state index contributed by atoms with van der Waals surface area (Å²) in [5, 5.41) is 11.8. The third-order valence-corrected chi connectivity index (χ3v) is 7.51. The summed E-state index contributed by atoms with van der Waals surface area (Å²) in [6, 6.07) is 16.9. The highest BCUT2D eigenvalue weighted by atomic mass is 16.5. The topological polar surface area (TPSA) is 123 Å². The Morgan fingerprint density at radius 2 is 1.67 bits per heavy atom. The van der Waals surface area contributed by atoms with Crippen molar-refractivity contribution in [1.82, 2.24) is 9.80 Å². The van der Waals surface area contributed by atoms with E-state index < -0.39 is 41.4 Å². The van der Waals surface area contributed by atoms with Gasteiger partial charge in [0.05, 0.1) is 38.0 Å². The van der Waals surface area contributed by atoms with Crippen LogP contribution in [0.15, 0.2) is 83.3 Å². The zero-order valence-electron chi connectivity index (χ0n) is 21.7. The quantitative estimate of drug-likeness (QED) is 0.351. The molecule has 1 N–H and O–H groups in total. The van der Waals surface area contributed by atoms with Crippen molar-refractivity contribution in [3.05, 3.63) is 94.5 Å². The maximum absolute atomic E-state index is 14.4. The monoisotopic (exact) mass is 532 g/mol. The predicted molar refractivity (Wildman–Crippen MR) is 136 cm³/mol. The third kappa shape index (κ3) is 3.99. The van der Waals surface area contributed by atoms with E-state index in [0.29, 0.717) is 11.3 Å². The Labute approximate surface area is 225 Å².